The zero-order chi connectivity index (χ0) is 13.7. The standard InChI is InChI=1S/C16H19N2O/c1-14-8-11-18(12-9-14)13-10-16(19)17(2)15-6-4-3-5-7-15/h3-9,11-12H,10,13H2,1-2H3/q+1. The number of carbonyl (C=O) groups excluding carboxylic acids is 1. The van der Waals surface area contributed by atoms with Crippen LogP contribution in [0.5, 0.6) is 0 Å². The zero-order valence-electron chi connectivity index (χ0n) is 11.4. The smallest absolute Gasteiger partial charge is 0.233 e. The van der Waals surface area contributed by atoms with Crippen LogP contribution in [0.2, 0.25) is 0 Å². The van der Waals surface area contributed by atoms with Gasteiger partial charge in [0.1, 0.15) is 0 Å². The van der Waals surface area contributed by atoms with Gasteiger partial charge in [0.2, 0.25) is 5.91 Å². The minimum Gasteiger partial charge on any atom is -0.315 e. The molecular formula is C16H19N2O+. The molecule has 3 nitrogen and oxygen atoms in total. The average molecular weight is 255 g/mol. The van der Waals surface area contributed by atoms with Crippen LogP contribution in [0.4, 0.5) is 5.69 Å². The quantitative estimate of drug-likeness (QED) is 0.769. The van der Waals surface area contributed by atoms with Gasteiger partial charge >= 0.3 is 0 Å². The Kier molecular flexibility index (Phi) is 4.29. The van der Waals surface area contributed by atoms with Crippen LogP contribution >= 0.6 is 0 Å². The van der Waals surface area contributed by atoms with Crippen LogP contribution < -0.4 is 9.47 Å². The van der Waals surface area contributed by atoms with Gasteiger partial charge in [-0.3, -0.25) is 4.79 Å². The fourth-order valence-corrected chi connectivity index (χ4v) is 1.87. The molecule has 0 saturated carbocycles. The van der Waals surface area contributed by atoms with E-state index in [1.54, 1.807) is 4.90 Å². The van der Waals surface area contributed by atoms with Gasteiger partial charge in [0, 0.05) is 24.9 Å². The first-order valence-electron chi connectivity index (χ1n) is 6.44. The molecule has 98 valence electrons. The zero-order valence-corrected chi connectivity index (χ0v) is 11.4. The highest BCUT2D eigenvalue weighted by atomic mass is 16.2. The molecule has 3 heteroatoms. The molecule has 0 atom stereocenters. The Balaban J connectivity index is 1.93. The van der Waals surface area contributed by atoms with E-state index in [4.69, 9.17) is 0 Å². The summed E-state index contributed by atoms with van der Waals surface area (Å²) < 4.78 is 2.03. The molecule has 0 aliphatic rings. The number of amides is 1. The lowest BCUT2D eigenvalue weighted by molar-refractivity contribution is -0.695. The van der Waals surface area contributed by atoms with Crippen molar-refractivity contribution < 1.29 is 9.36 Å². The Hall–Kier alpha value is -2.16. The number of aryl methyl sites for hydroxylation is 2. The lowest BCUT2D eigenvalue weighted by atomic mass is 10.2. The maximum Gasteiger partial charge on any atom is 0.233 e. The normalized spacial score (nSPS) is 10.2. The van der Waals surface area contributed by atoms with Crippen LogP contribution in [0.15, 0.2) is 54.9 Å². The van der Waals surface area contributed by atoms with Crippen LogP contribution in [-0.4, -0.2) is 13.0 Å². The summed E-state index contributed by atoms with van der Waals surface area (Å²) in [6.45, 7) is 2.76. The third-order valence-corrected chi connectivity index (χ3v) is 3.16. The number of anilines is 1. The van der Waals surface area contributed by atoms with E-state index in [9.17, 15) is 4.79 Å². The third-order valence-electron chi connectivity index (χ3n) is 3.16. The van der Waals surface area contributed by atoms with Gasteiger partial charge in [-0.1, -0.05) is 18.2 Å². The lowest BCUT2D eigenvalue weighted by Crippen LogP contribution is -2.37. The van der Waals surface area contributed by atoms with Crippen LogP contribution in [0.25, 0.3) is 0 Å². The van der Waals surface area contributed by atoms with Gasteiger partial charge in [0.05, 0.1) is 6.42 Å². The molecule has 0 radical (unpaired) electrons. The highest BCUT2D eigenvalue weighted by Crippen LogP contribution is 2.11. The average Bonchev–Trinajstić information content (AvgIpc) is 2.46. The summed E-state index contributed by atoms with van der Waals surface area (Å²) in [5, 5.41) is 0. The first-order valence-corrected chi connectivity index (χ1v) is 6.44. The van der Waals surface area contributed by atoms with Gasteiger partial charge in [0.25, 0.3) is 0 Å². The molecule has 2 rings (SSSR count). The number of benzene rings is 1. The molecule has 0 fully saturated rings. The Bertz CT molecular complexity index is 534. The van der Waals surface area contributed by atoms with Crippen molar-refractivity contribution in [1.82, 2.24) is 0 Å². The summed E-state index contributed by atoms with van der Waals surface area (Å²) in [7, 11) is 1.82. The topological polar surface area (TPSA) is 24.2 Å². The summed E-state index contributed by atoms with van der Waals surface area (Å²) in [5.74, 6) is 0.124. The molecule has 0 N–H and O–H groups in total. The molecule has 0 unspecified atom stereocenters. The molecule has 1 aromatic carbocycles. The number of hydrogen-bond acceptors (Lipinski definition) is 1. The Labute approximate surface area is 114 Å². The minimum atomic E-state index is 0.124. The van der Waals surface area contributed by atoms with E-state index in [1.165, 1.54) is 5.56 Å². The third kappa shape index (κ3) is 3.65. The Morgan fingerprint density at radius 1 is 1.11 bits per heavy atom. The molecule has 1 aromatic heterocycles. The number of nitrogens with zero attached hydrogens (tertiary/aromatic N) is 2. The maximum atomic E-state index is 12.1. The van der Waals surface area contributed by atoms with Crippen molar-refractivity contribution in [3.05, 3.63) is 60.4 Å². The molecule has 1 heterocycles. The maximum absolute atomic E-state index is 12.1. The minimum absolute atomic E-state index is 0.124. The lowest BCUT2D eigenvalue weighted by Gasteiger charge is -2.16. The fourth-order valence-electron chi connectivity index (χ4n) is 1.87. The molecule has 0 aliphatic carbocycles. The van der Waals surface area contributed by atoms with Gasteiger partial charge in [0.15, 0.2) is 18.9 Å². The number of rotatable bonds is 4. The molecule has 0 spiro atoms. The Morgan fingerprint density at radius 3 is 2.37 bits per heavy atom. The van der Waals surface area contributed by atoms with Crippen molar-refractivity contribution in [2.75, 3.05) is 11.9 Å². The van der Waals surface area contributed by atoms with Gasteiger partial charge in [-0.25, -0.2) is 4.57 Å². The summed E-state index contributed by atoms with van der Waals surface area (Å²) in [6, 6.07) is 13.8. The monoisotopic (exact) mass is 255 g/mol. The summed E-state index contributed by atoms with van der Waals surface area (Å²) >= 11 is 0. The van der Waals surface area contributed by atoms with Crippen LogP contribution in [-0.2, 0) is 11.3 Å². The van der Waals surface area contributed by atoms with Crippen LogP contribution in [0, 0.1) is 6.92 Å². The molecule has 0 bridgehead atoms. The second-order valence-corrected chi connectivity index (χ2v) is 4.65. The summed E-state index contributed by atoms with van der Waals surface area (Å²) in [6.07, 6.45) is 4.51. The second-order valence-electron chi connectivity index (χ2n) is 4.65. The van der Waals surface area contributed by atoms with Crippen molar-refractivity contribution >= 4 is 11.6 Å². The highest BCUT2D eigenvalue weighted by molar-refractivity contribution is 5.92. The SMILES string of the molecule is Cc1cc[n+](CCC(=O)N(C)c2ccccc2)cc1. The number of pyridine rings is 1. The van der Waals surface area contributed by atoms with Crippen LogP contribution in [0.3, 0.4) is 0 Å². The predicted octanol–water partition coefficient (Wildman–Crippen LogP) is 2.34. The van der Waals surface area contributed by atoms with E-state index in [0.29, 0.717) is 13.0 Å². The van der Waals surface area contributed by atoms with Crippen molar-refractivity contribution in [3.8, 4) is 0 Å². The highest BCUT2D eigenvalue weighted by Gasteiger charge is 2.12. The molecule has 19 heavy (non-hydrogen) atoms. The van der Waals surface area contributed by atoms with Gasteiger partial charge in [-0.2, -0.15) is 0 Å². The number of carbonyl (C=O) groups is 1. The Morgan fingerprint density at radius 2 is 1.74 bits per heavy atom. The van der Waals surface area contributed by atoms with E-state index in [0.717, 1.165) is 5.69 Å². The predicted molar refractivity (Wildman–Crippen MR) is 75.8 cm³/mol. The van der Waals surface area contributed by atoms with E-state index in [1.807, 2.05) is 66.5 Å². The van der Waals surface area contributed by atoms with Crippen molar-refractivity contribution in [2.45, 2.75) is 19.9 Å². The second kappa shape index (κ2) is 6.14. The summed E-state index contributed by atoms with van der Waals surface area (Å²) in [4.78, 5) is 13.8. The van der Waals surface area contributed by atoms with Crippen molar-refractivity contribution in [2.24, 2.45) is 0 Å². The van der Waals surface area contributed by atoms with Gasteiger partial charge in [-0.15, -0.1) is 0 Å². The molecule has 0 saturated heterocycles. The molecule has 0 aliphatic heterocycles. The van der Waals surface area contributed by atoms with E-state index >= 15 is 0 Å². The molecular weight excluding hydrogens is 236 g/mol. The summed E-state index contributed by atoms with van der Waals surface area (Å²) in [5.41, 5.74) is 2.16. The van der Waals surface area contributed by atoms with Crippen molar-refractivity contribution in [3.63, 3.8) is 0 Å². The van der Waals surface area contributed by atoms with Crippen molar-refractivity contribution in [1.29, 1.82) is 0 Å². The van der Waals surface area contributed by atoms with E-state index < -0.39 is 0 Å². The number of aromatic nitrogens is 1. The molecule has 1 amide bonds. The van der Waals surface area contributed by atoms with Gasteiger partial charge < -0.3 is 4.90 Å². The number of para-hydroxylation sites is 1. The first-order chi connectivity index (χ1) is 9.16. The largest absolute Gasteiger partial charge is 0.315 e. The van der Waals surface area contributed by atoms with E-state index in [-0.39, 0.29) is 5.91 Å². The fraction of sp³-hybridized carbons (Fsp3) is 0.250. The van der Waals surface area contributed by atoms with Crippen LogP contribution in [0.1, 0.15) is 12.0 Å². The van der Waals surface area contributed by atoms with E-state index in [2.05, 4.69) is 6.92 Å². The first kappa shape index (κ1) is 13.3. The van der Waals surface area contributed by atoms with Gasteiger partial charge in [-0.05, 0) is 24.6 Å². The molecule has 2 aromatic rings. The number of hydrogen-bond donors (Lipinski definition) is 0.